The quantitative estimate of drug-likeness (QED) is 0.552. The molecule has 0 aromatic carbocycles. The molecule has 0 spiro atoms. The van der Waals surface area contributed by atoms with Crippen LogP contribution >= 0.6 is 0 Å². The van der Waals surface area contributed by atoms with E-state index in [-0.39, 0.29) is 22.9 Å². The van der Waals surface area contributed by atoms with Crippen molar-refractivity contribution in [3.8, 4) is 0 Å². The fraction of sp³-hybridized carbons (Fsp3) is 0.267. The standard InChI is InChI=1S/C15H16FN3O.BrH/c16-13-7-8-14(17-12-13)18-15(20)6-2-5-11-19-9-3-1-4-10-19;/h1,3-4,7-10,12H,2,5-6,11H2;1H. The second kappa shape index (κ2) is 9.18. The molecule has 2 heterocycles. The van der Waals surface area contributed by atoms with Crippen LogP contribution < -0.4 is 26.9 Å². The number of nitrogens with zero attached hydrogens (tertiary/aromatic N) is 2. The zero-order valence-corrected chi connectivity index (χ0v) is 13.1. The molecule has 0 aliphatic rings. The summed E-state index contributed by atoms with van der Waals surface area (Å²) in [5, 5.41) is 2.64. The second-order valence-corrected chi connectivity index (χ2v) is 4.48. The molecule has 0 saturated carbocycles. The van der Waals surface area contributed by atoms with Gasteiger partial charge in [-0.05, 0) is 18.6 Å². The van der Waals surface area contributed by atoms with E-state index in [0.717, 1.165) is 25.6 Å². The van der Waals surface area contributed by atoms with Crippen molar-refractivity contribution in [2.75, 3.05) is 5.32 Å². The van der Waals surface area contributed by atoms with Crippen LogP contribution in [-0.4, -0.2) is 10.9 Å². The number of hydrogen-bond acceptors (Lipinski definition) is 2. The maximum absolute atomic E-state index is 12.7. The molecule has 112 valence electrons. The van der Waals surface area contributed by atoms with Crippen LogP contribution in [0, 0.1) is 5.82 Å². The topological polar surface area (TPSA) is 45.9 Å². The summed E-state index contributed by atoms with van der Waals surface area (Å²) in [5.74, 6) is -0.126. The molecule has 0 aliphatic carbocycles. The minimum atomic E-state index is -0.414. The Bertz CT molecular complexity index is 549. The maximum Gasteiger partial charge on any atom is 0.225 e. The van der Waals surface area contributed by atoms with Gasteiger partial charge in [0.25, 0.3) is 0 Å². The molecule has 0 fully saturated rings. The van der Waals surface area contributed by atoms with E-state index in [0.29, 0.717) is 12.2 Å². The number of aromatic nitrogens is 2. The van der Waals surface area contributed by atoms with Crippen LogP contribution in [0.25, 0.3) is 0 Å². The highest BCUT2D eigenvalue weighted by molar-refractivity contribution is 5.89. The van der Waals surface area contributed by atoms with Crippen molar-refractivity contribution < 1.29 is 30.7 Å². The Kier molecular flexibility index (Phi) is 7.53. The van der Waals surface area contributed by atoms with Crippen LogP contribution in [0.1, 0.15) is 19.3 Å². The minimum Gasteiger partial charge on any atom is -1.00 e. The number of carbonyl (C=O) groups excluding carboxylic acids is 1. The molecule has 2 aromatic rings. The number of halogens is 2. The fourth-order valence-corrected chi connectivity index (χ4v) is 1.82. The van der Waals surface area contributed by atoms with Gasteiger partial charge in [0.1, 0.15) is 18.2 Å². The van der Waals surface area contributed by atoms with Crippen LogP contribution in [0.15, 0.2) is 48.9 Å². The van der Waals surface area contributed by atoms with E-state index in [1.54, 1.807) is 0 Å². The van der Waals surface area contributed by atoms with Gasteiger partial charge in [-0.1, -0.05) is 6.07 Å². The first-order valence-corrected chi connectivity index (χ1v) is 6.59. The molecule has 0 radical (unpaired) electrons. The third-order valence-corrected chi connectivity index (χ3v) is 2.84. The Morgan fingerprint density at radius 3 is 2.62 bits per heavy atom. The van der Waals surface area contributed by atoms with E-state index < -0.39 is 5.82 Å². The number of carbonyl (C=O) groups is 1. The molecule has 2 rings (SSSR count). The lowest BCUT2D eigenvalue weighted by Gasteiger charge is -2.03. The van der Waals surface area contributed by atoms with Crippen molar-refractivity contribution in [2.45, 2.75) is 25.8 Å². The number of rotatable bonds is 6. The average Bonchev–Trinajstić information content (AvgIpc) is 2.47. The third kappa shape index (κ3) is 6.44. The highest BCUT2D eigenvalue weighted by atomic mass is 79.9. The summed E-state index contributed by atoms with van der Waals surface area (Å²) < 4.78 is 14.7. The Morgan fingerprint density at radius 2 is 1.95 bits per heavy atom. The summed E-state index contributed by atoms with van der Waals surface area (Å²) in [7, 11) is 0. The molecule has 0 saturated heterocycles. The van der Waals surface area contributed by atoms with Crippen molar-refractivity contribution in [1.29, 1.82) is 0 Å². The molecule has 6 heteroatoms. The summed E-state index contributed by atoms with van der Waals surface area (Å²) >= 11 is 0. The van der Waals surface area contributed by atoms with Gasteiger partial charge in [0.05, 0.1) is 6.20 Å². The SMILES string of the molecule is O=C(CCCC[n+]1ccccc1)Nc1ccc(F)cn1.[Br-]. The number of anilines is 1. The Morgan fingerprint density at radius 1 is 1.19 bits per heavy atom. The molecule has 0 unspecified atom stereocenters. The number of nitrogens with one attached hydrogen (secondary N) is 1. The lowest BCUT2D eigenvalue weighted by atomic mass is 10.2. The largest absolute Gasteiger partial charge is 1.00 e. The number of aryl methyl sites for hydroxylation is 1. The first kappa shape index (κ1) is 17.2. The summed E-state index contributed by atoms with van der Waals surface area (Å²) in [6, 6.07) is 8.65. The van der Waals surface area contributed by atoms with E-state index in [2.05, 4.69) is 14.9 Å². The van der Waals surface area contributed by atoms with Crippen molar-refractivity contribution in [1.82, 2.24) is 4.98 Å². The lowest BCUT2D eigenvalue weighted by molar-refractivity contribution is -0.697. The number of amides is 1. The average molecular weight is 354 g/mol. The molecule has 1 N–H and O–H groups in total. The van der Waals surface area contributed by atoms with Gasteiger partial charge in [0.15, 0.2) is 12.4 Å². The molecular weight excluding hydrogens is 337 g/mol. The molecular formula is C15H17BrFN3O. The van der Waals surface area contributed by atoms with Crippen molar-refractivity contribution in [3.63, 3.8) is 0 Å². The molecule has 1 amide bonds. The van der Waals surface area contributed by atoms with Gasteiger partial charge in [-0.2, -0.15) is 0 Å². The fourth-order valence-electron chi connectivity index (χ4n) is 1.82. The first-order valence-electron chi connectivity index (χ1n) is 6.59. The van der Waals surface area contributed by atoms with Gasteiger partial charge >= 0.3 is 0 Å². The monoisotopic (exact) mass is 353 g/mol. The number of hydrogen-bond donors (Lipinski definition) is 1. The van der Waals surface area contributed by atoms with Crippen LogP contribution in [0.5, 0.6) is 0 Å². The first-order chi connectivity index (χ1) is 9.74. The van der Waals surface area contributed by atoms with Crippen LogP contribution in [0.3, 0.4) is 0 Å². The zero-order chi connectivity index (χ0) is 14.2. The molecule has 0 atom stereocenters. The summed E-state index contributed by atoms with van der Waals surface area (Å²) in [4.78, 5) is 15.4. The van der Waals surface area contributed by atoms with E-state index >= 15 is 0 Å². The van der Waals surface area contributed by atoms with Crippen molar-refractivity contribution >= 4 is 11.7 Å². The van der Waals surface area contributed by atoms with E-state index in [1.165, 1.54) is 12.1 Å². The van der Waals surface area contributed by atoms with Gasteiger partial charge in [-0.25, -0.2) is 13.9 Å². The Balaban J connectivity index is 0.00000220. The Hall–Kier alpha value is -1.82. The van der Waals surface area contributed by atoms with E-state index in [4.69, 9.17) is 0 Å². The molecule has 21 heavy (non-hydrogen) atoms. The van der Waals surface area contributed by atoms with Gasteiger partial charge in [0, 0.05) is 25.0 Å². The van der Waals surface area contributed by atoms with Crippen LogP contribution in [0.2, 0.25) is 0 Å². The predicted octanol–water partition coefficient (Wildman–Crippen LogP) is -0.679. The van der Waals surface area contributed by atoms with Gasteiger partial charge in [0.2, 0.25) is 5.91 Å². The minimum absolute atomic E-state index is 0. The van der Waals surface area contributed by atoms with Gasteiger partial charge < -0.3 is 22.3 Å². The maximum atomic E-state index is 12.7. The molecule has 2 aromatic heterocycles. The highest BCUT2D eigenvalue weighted by Crippen LogP contribution is 2.05. The second-order valence-electron chi connectivity index (χ2n) is 4.48. The van der Waals surface area contributed by atoms with Gasteiger partial charge in [-0.15, -0.1) is 0 Å². The smallest absolute Gasteiger partial charge is 0.225 e. The van der Waals surface area contributed by atoms with Crippen molar-refractivity contribution in [2.24, 2.45) is 0 Å². The van der Waals surface area contributed by atoms with E-state index in [1.807, 2.05) is 30.6 Å². The highest BCUT2D eigenvalue weighted by Gasteiger charge is 2.04. The number of pyridine rings is 2. The lowest BCUT2D eigenvalue weighted by Crippen LogP contribution is -3.00. The normalized spacial score (nSPS) is 9.76. The molecule has 4 nitrogen and oxygen atoms in total. The number of unbranched alkanes of at least 4 members (excludes halogenated alkanes) is 1. The van der Waals surface area contributed by atoms with Crippen molar-refractivity contribution in [3.05, 3.63) is 54.7 Å². The third-order valence-electron chi connectivity index (χ3n) is 2.84. The zero-order valence-electron chi connectivity index (χ0n) is 11.5. The van der Waals surface area contributed by atoms with Gasteiger partial charge in [-0.3, -0.25) is 4.79 Å². The van der Waals surface area contributed by atoms with Crippen LogP contribution in [0.4, 0.5) is 10.2 Å². The molecule has 0 bridgehead atoms. The molecule has 0 aliphatic heterocycles. The summed E-state index contributed by atoms with van der Waals surface area (Å²) in [5.41, 5.74) is 0. The Labute approximate surface area is 133 Å². The predicted molar refractivity (Wildman–Crippen MR) is 73.3 cm³/mol. The van der Waals surface area contributed by atoms with E-state index in [9.17, 15) is 9.18 Å². The van der Waals surface area contributed by atoms with Crippen LogP contribution in [-0.2, 0) is 11.3 Å². The summed E-state index contributed by atoms with van der Waals surface area (Å²) in [6.07, 6.45) is 7.26. The summed E-state index contributed by atoms with van der Waals surface area (Å²) in [6.45, 7) is 0.892.